The van der Waals surface area contributed by atoms with Crippen molar-refractivity contribution in [1.82, 2.24) is 0 Å². The minimum atomic E-state index is 0. The number of nitrogens with two attached hydrogens (primary N) is 1. The maximum atomic E-state index is 5.99. The fraction of sp³-hybridized carbons (Fsp3) is 0.455. The summed E-state index contributed by atoms with van der Waals surface area (Å²) in [4.78, 5) is 0. The lowest BCUT2D eigenvalue weighted by atomic mass is 10.0. The fourth-order valence-electron chi connectivity index (χ4n) is 1.33. The van der Waals surface area contributed by atoms with E-state index in [1.54, 1.807) is 0 Å². The standard InChI is InChI=1S/C11H16ClN.ClH/c1-2-3-7-11(13)9-5-4-6-10(12)8-9;/h4-6,8,11H,2-3,7,13H2,1H3;1H/t11-;/m0./s1. The molecule has 0 amide bonds. The van der Waals surface area contributed by atoms with E-state index < -0.39 is 0 Å². The van der Waals surface area contributed by atoms with Gasteiger partial charge in [-0.05, 0) is 24.1 Å². The molecule has 1 aromatic rings. The van der Waals surface area contributed by atoms with Crippen LogP contribution in [0.15, 0.2) is 24.3 Å². The summed E-state index contributed by atoms with van der Waals surface area (Å²) in [5.41, 5.74) is 7.13. The van der Waals surface area contributed by atoms with Crippen LogP contribution in [0.5, 0.6) is 0 Å². The smallest absolute Gasteiger partial charge is 0.0409 e. The zero-order chi connectivity index (χ0) is 9.68. The second-order valence-corrected chi connectivity index (χ2v) is 3.74. The largest absolute Gasteiger partial charge is 0.324 e. The van der Waals surface area contributed by atoms with Crippen molar-refractivity contribution in [3.63, 3.8) is 0 Å². The van der Waals surface area contributed by atoms with Crippen molar-refractivity contribution >= 4 is 24.0 Å². The van der Waals surface area contributed by atoms with Crippen molar-refractivity contribution in [3.05, 3.63) is 34.9 Å². The Morgan fingerprint density at radius 1 is 1.43 bits per heavy atom. The molecule has 1 rings (SSSR count). The van der Waals surface area contributed by atoms with Gasteiger partial charge in [0.2, 0.25) is 0 Å². The molecular weight excluding hydrogens is 217 g/mol. The minimum absolute atomic E-state index is 0. The van der Waals surface area contributed by atoms with Crippen molar-refractivity contribution in [1.29, 1.82) is 0 Å². The molecule has 0 saturated carbocycles. The third-order valence-corrected chi connectivity index (χ3v) is 2.38. The van der Waals surface area contributed by atoms with Gasteiger partial charge >= 0.3 is 0 Å². The van der Waals surface area contributed by atoms with Gasteiger partial charge in [-0.2, -0.15) is 0 Å². The topological polar surface area (TPSA) is 26.0 Å². The first-order chi connectivity index (χ1) is 6.24. The molecular formula is C11H17Cl2N. The van der Waals surface area contributed by atoms with E-state index >= 15 is 0 Å². The zero-order valence-electron chi connectivity index (χ0n) is 8.37. The van der Waals surface area contributed by atoms with Crippen LogP contribution < -0.4 is 5.73 Å². The van der Waals surface area contributed by atoms with Crippen LogP contribution in [0.4, 0.5) is 0 Å². The third-order valence-electron chi connectivity index (χ3n) is 2.15. The lowest BCUT2D eigenvalue weighted by molar-refractivity contribution is 0.603. The average molecular weight is 234 g/mol. The molecule has 80 valence electrons. The number of unbranched alkanes of at least 4 members (excludes halogenated alkanes) is 1. The van der Waals surface area contributed by atoms with Crippen LogP contribution in [0.25, 0.3) is 0 Å². The molecule has 0 fully saturated rings. The summed E-state index contributed by atoms with van der Waals surface area (Å²) in [5.74, 6) is 0. The van der Waals surface area contributed by atoms with Crippen LogP contribution in [0.3, 0.4) is 0 Å². The quantitative estimate of drug-likeness (QED) is 0.838. The lowest BCUT2D eigenvalue weighted by Crippen LogP contribution is -2.09. The second kappa shape index (κ2) is 7.10. The lowest BCUT2D eigenvalue weighted by Gasteiger charge is -2.11. The molecule has 14 heavy (non-hydrogen) atoms. The van der Waals surface area contributed by atoms with E-state index in [4.69, 9.17) is 17.3 Å². The molecule has 0 aliphatic heterocycles. The number of hydrogen-bond acceptors (Lipinski definition) is 1. The van der Waals surface area contributed by atoms with Crippen molar-refractivity contribution in [2.45, 2.75) is 32.2 Å². The Morgan fingerprint density at radius 2 is 2.14 bits per heavy atom. The monoisotopic (exact) mass is 233 g/mol. The highest BCUT2D eigenvalue weighted by Gasteiger charge is 2.04. The Morgan fingerprint density at radius 3 is 2.71 bits per heavy atom. The molecule has 0 aliphatic rings. The normalized spacial score (nSPS) is 11.9. The summed E-state index contributed by atoms with van der Waals surface area (Å²) in [7, 11) is 0. The fourth-order valence-corrected chi connectivity index (χ4v) is 1.53. The summed E-state index contributed by atoms with van der Waals surface area (Å²) in [6.07, 6.45) is 3.40. The zero-order valence-corrected chi connectivity index (χ0v) is 9.94. The first-order valence-corrected chi connectivity index (χ1v) is 5.13. The molecule has 0 heterocycles. The highest BCUT2D eigenvalue weighted by atomic mass is 35.5. The van der Waals surface area contributed by atoms with E-state index in [-0.39, 0.29) is 18.4 Å². The highest BCUT2D eigenvalue weighted by Crippen LogP contribution is 2.19. The SMILES string of the molecule is CCCC[C@H](N)c1cccc(Cl)c1.Cl. The predicted octanol–water partition coefficient (Wildman–Crippen LogP) is 3.95. The summed E-state index contributed by atoms with van der Waals surface area (Å²) in [6.45, 7) is 2.17. The van der Waals surface area contributed by atoms with Gasteiger partial charge in [0, 0.05) is 11.1 Å². The van der Waals surface area contributed by atoms with Crippen LogP contribution in [0.2, 0.25) is 5.02 Å². The molecule has 2 N–H and O–H groups in total. The van der Waals surface area contributed by atoms with E-state index in [1.807, 2.05) is 24.3 Å². The second-order valence-electron chi connectivity index (χ2n) is 3.30. The van der Waals surface area contributed by atoms with E-state index in [0.29, 0.717) is 0 Å². The number of benzene rings is 1. The highest BCUT2D eigenvalue weighted by molar-refractivity contribution is 6.30. The van der Waals surface area contributed by atoms with Gasteiger partial charge in [-0.25, -0.2) is 0 Å². The first-order valence-electron chi connectivity index (χ1n) is 4.75. The summed E-state index contributed by atoms with van der Waals surface area (Å²) in [5, 5.41) is 0.768. The molecule has 1 aromatic carbocycles. The van der Waals surface area contributed by atoms with Gasteiger partial charge < -0.3 is 5.73 Å². The Labute approximate surface area is 97.1 Å². The van der Waals surface area contributed by atoms with Crippen LogP contribution in [0.1, 0.15) is 37.8 Å². The summed E-state index contributed by atoms with van der Waals surface area (Å²) in [6, 6.07) is 7.94. The molecule has 0 bridgehead atoms. The molecule has 0 aromatic heterocycles. The van der Waals surface area contributed by atoms with Crippen molar-refractivity contribution in [2.75, 3.05) is 0 Å². The summed E-state index contributed by atoms with van der Waals surface area (Å²) >= 11 is 5.87. The molecule has 0 spiro atoms. The number of rotatable bonds is 4. The maximum absolute atomic E-state index is 5.99. The molecule has 1 atom stereocenters. The van der Waals surface area contributed by atoms with Gasteiger partial charge in [0.25, 0.3) is 0 Å². The van der Waals surface area contributed by atoms with E-state index in [1.165, 1.54) is 12.8 Å². The Balaban J connectivity index is 0.00000169. The molecule has 0 radical (unpaired) electrons. The molecule has 3 heteroatoms. The Hall–Kier alpha value is -0.240. The van der Waals surface area contributed by atoms with Crippen LogP contribution in [-0.2, 0) is 0 Å². The van der Waals surface area contributed by atoms with E-state index in [2.05, 4.69) is 6.92 Å². The molecule has 0 saturated heterocycles. The van der Waals surface area contributed by atoms with Gasteiger partial charge in [-0.15, -0.1) is 12.4 Å². The molecule has 1 nitrogen and oxygen atoms in total. The van der Waals surface area contributed by atoms with Gasteiger partial charge in [0.1, 0.15) is 0 Å². The van der Waals surface area contributed by atoms with Gasteiger partial charge in [-0.1, -0.05) is 43.5 Å². The van der Waals surface area contributed by atoms with Gasteiger partial charge in [-0.3, -0.25) is 0 Å². The van der Waals surface area contributed by atoms with Gasteiger partial charge in [0.15, 0.2) is 0 Å². The van der Waals surface area contributed by atoms with Crippen molar-refractivity contribution in [2.24, 2.45) is 5.73 Å². The minimum Gasteiger partial charge on any atom is -0.324 e. The van der Waals surface area contributed by atoms with E-state index in [9.17, 15) is 0 Å². The molecule has 0 aliphatic carbocycles. The average Bonchev–Trinajstić information content (AvgIpc) is 2.14. The van der Waals surface area contributed by atoms with E-state index in [0.717, 1.165) is 17.0 Å². The first kappa shape index (κ1) is 13.8. The maximum Gasteiger partial charge on any atom is 0.0409 e. The third kappa shape index (κ3) is 4.32. The van der Waals surface area contributed by atoms with Crippen LogP contribution in [-0.4, -0.2) is 0 Å². The van der Waals surface area contributed by atoms with Crippen LogP contribution >= 0.6 is 24.0 Å². The van der Waals surface area contributed by atoms with Crippen molar-refractivity contribution in [3.8, 4) is 0 Å². The Kier molecular flexibility index (Phi) is 6.98. The Bertz CT molecular complexity index is 263. The van der Waals surface area contributed by atoms with Crippen LogP contribution in [0, 0.1) is 0 Å². The van der Waals surface area contributed by atoms with Gasteiger partial charge in [0.05, 0.1) is 0 Å². The number of hydrogen-bond donors (Lipinski definition) is 1. The number of halogens is 2. The summed E-state index contributed by atoms with van der Waals surface area (Å²) < 4.78 is 0. The van der Waals surface area contributed by atoms with Crippen molar-refractivity contribution < 1.29 is 0 Å². The molecule has 0 unspecified atom stereocenters. The predicted molar refractivity (Wildman–Crippen MR) is 65.2 cm³/mol.